The zero-order chi connectivity index (χ0) is 18.3. The van der Waals surface area contributed by atoms with Crippen LogP contribution in [-0.4, -0.2) is 51.8 Å². The number of epoxide rings is 1. The van der Waals surface area contributed by atoms with Gasteiger partial charge < -0.3 is 18.0 Å². The first-order valence-electron chi connectivity index (χ1n) is 10.2. The molecule has 4 atom stereocenters. The van der Waals surface area contributed by atoms with E-state index >= 15 is 0 Å². The molecule has 6 heteroatoms. The Hall–Kier alpha value is 0.407. The summed E-state index contributed by atoms with van der Waals surface area (Å²) >= 11 is 2.08. The Labute approximate surface area is 160 Å². The first-order chi connectivity index (χ1) is 12.0. The molecule has 2 fully saturated rings. The molecule has 1 saturated heterocycles. The van der Waals surface area contributed by atoms with Crippen LogP contribution in [-0.2, 0) is 18.0 Å². The van der Waals surface area contributed by atoms with Crippen LogP contribution in [0.4, 0.5) is 0 Å². The molecule has 2 rings (SSSR count). The molecular weight excluding hydrogens is 352 g/mol. The van der Waals surface area contributed by atoms with E-state index in [0.29, 0.717) is 25.9 Å². The first-order valence-corrected chi connectivity index (χ1v) is 13.2. The van der Waals surface area contributed by atoms with Gasteiger partial charge in [-0.2, -0.15) is 11.8 Å². The Morgan fingerprint density at radius 2 is 1.80 bits per heavy atom. The van der Waals surface area contributed by atoms with Crippen molar-refractivity contribution in [3.05, 3.63) is 0 Å². The summed E-state index contributed by atoms with van der Waals surface area (Å²) in [5.41, 5.74) is 0.245. The van der Waals surface area contributed by atoms with E-state index in [4.69, 9.17) is 18.0 Å². The van der Waals surface area contributed by atoms with Crippen molar-refractivity contribution < 1.29 is 18.0 Å². The molecule has 1 aliphatic carbocycles. The lowest BCUT2D eigenvalue weighted by atomic mass is 9.77. The van der Waals surface area contributed by atoms with Crippen molar-refractivity contribution in [1.29, 1.82) is 0 Å². The number of fused-ring (bicyclic) bond motifs is 1. The molecule has 4 unspecified atom stereocenters. The van der Waals surface area contributed by atoms with E-state index in [0.717, 1.165) is 30.1 Å². The van der Waals surface area contributed by atoms with Crippen LogP contribution < -0.4 is 0 Å². The van der Waals surface area contributed by atoms with E-state index in [2.05, 4.69) is 25.6 Å². The van der Waals surface area contributed by atoms with E-state index in [1.165, 1.54) is 25.0 Å². The molecule has 0 N–H and O–H groups in total. The van der Waals surface area contributed by atoms with E-state index in [-0.39, 0.29) is 5.60 Å². The van der Waals surface area contributed by atoms with Gasteiger partial charge in [-0.25, -0.2) is 0 Å². The van der Waals surface area contributed by atoms with Gasteiger partial charge in [-0.05, 0) is 76.7 Å². The van der Waals surface area contributed by atoms with Crippen molar-refractivity contribution in [2.75, 3.05) is 31.3 Å². The second kappa shape index (κ2) is 10.1. The van der Waals surface area contributed by atoms with E-state index in [9.17, 15) is 0 Å². The molecular formula is C19H38O4SSi. The van der Waals surface area contributed by atoms with Crippen LogP contribution in [0.5, 0.6) is 0 Å². The minimum atomic E-state index is -2.45. The minimum absolute atomic E-state index is 0.245. The van der Waals surface area contributed by atoms with Crippen LogP contribution in [0.2, 0.25) is 6.04 Å². The van der Waals surface area contributed by atoms with Crippen molar-refractivity contribution >= 4 is 20.6 Å². The summed E-state index contributed by atoms with van der Waals surface area (Å²) in [6, 6.07) is 0.932. The van der Waals surface area contributed by atoms with Crippen LogP contribution in [0, 0.1) is 11.8 Å². The van der Waals surface area contributed by atoms with Crippen molar-refractivity contribution in [3.63, 3.8) is 0 Å². The van der Waals surface area contributed by atoms with Crippen molar-refractivity contribution in [2.24, 2.45) is 11.8 Å². The second-order valence-electron chi connectivity index (χ2n) is 7.59. The second-order valence-corrected chi connectivity index (χ2v) is 11.5. The van der Waals surface area contributed by atoms with Gasteiger partial charge in [0.15, 0.2) is 0 Å². The summed E-state index contributed by atoms with van der Waals surface area (Å²) in [6.45, 7) is 12.8. The topological polar surface area (TPSA) is 40.2 Å². The third kappa shape index (κ3) is 6.21. The Balaban J connectivity index is 1.64. The smallest absolute Gasteiger partial charge is 0.374 e. The van der Waals surface area contributed by atoms with Gasteiger partial charge in [0.25, 0.3) is 0 Å². The summed E-state index contributed by atoms with van der Waals surface area (Å²) in [7, 11) is -2.45. The lowest BCUT2D eigenvalue weighted by molar-refractivity contribution is 0.0712. The number of rotatable bonds is 13. The number of ether oxygens (including phenoxy) is 1. The fraction of sp³-hybridized carbons (Fsp3) is 1.00. The molecule has 1 heterocycles. The average Bonchev–Trinajstić information content (AvgIpc) is 3.25. The van der Waals surface area contributed by atoms with Crippen LogP contribution in [0.15, 0.2) is 0 Å². The number of thioether (sulfide) groups is 1. The highest BCUT2D eigenvalue weighted by molar-refractivity contribution is 7.99. The molecule has 25 heavy (non-hydrogen) atoms. The summed E-state index contributed by atoms with van der Waals surface area (Å²) in [5, 5.41) is 0. The molecule has 4 nitrogen and oxygen atoms in total. The molecule has 0 aromatic heterocycles. The van der Waals surface area contributed by atoms with Gasteiger partial charge >= 0.3 is 8.80 Å². The van der Waals surface area contributed by atoms with Gasteiger partial charge in [-0.3, -0.25) is 0 Å². The molecule has 0 radical (unpaired) electrons. The normalized spacial score (nSPS) is 30.1. The maximum Gasteiger partial charge on any atom is 0.500 e. The third-order valence-electron chi connectivity index (χ3n) is 5.61. The molecule has 0 spiro atoms. The number of hydrogen-bond acceptors (Lipinski definition) is 5. The lowest BCUT2D eigenvalue weighted by Crippen LogP contribution is -2.46. The van der Waals surface area contributed by atoms with Gasteiger partial charge in [0, 0.05) is 25.9 Å². The zero-order valence-corrected chi connectivity index (χ0v) is 18.7. The third-order valence-corrected chi connectivity index (χ3v) is 10.1. The SMILES string of the molecule is CCO[Si](CCCSCC(C)C1CCC2(C)OC2C1)(OCC)OCC. The van der Waals surface area contributed by atoms with Gasteiger partial charge in [0.05, 0.1) is 11.7 Å². The average molecular weight is 391 g/mol. The fourth-order valence-corrected chi connectivity index (χ4v) is 8.01. The molecule has 2 aliphatic rings. The maximum absolute atomic E-state index is 5.93. The monoisotopic (exact) mass is 390 g/mol. The van der Waals surface area contributed by atoms with Crippen molar-refractivity contribution in [2.45, 2.75) is 78.1 Å². The molecule has 1 aliphatic heterocycles. The maximum atomic E-state index is 5.93. The summed E-state index contributed by atoms with van der Waals surface area (Å²) in [5.74, 6) is 4.04. The molecule has 0 bridgehead atoms. The van der Waals surface area contributed by atoms with Gasteiger partial charge in [0.1, 0.15) is 0 Å². The largest absolute Gasteiger partial charge is 0.500 e. The van der Waals surface area contributed by atoms with Gasteiger partial charge in [-0.15, -0.1) is 0 Å². The highest BCUT2D eigenvalue weighted by Crippen LogP contribution is 2.50. The van der Waals surface area contributed by atoms with E-state index in [1.807, 2.05) is 20.8 Å². The highest BCUT2D eigenvalue weighted by Gasteiger charge is 2.55. The van der Waals surface area contributed by atoms with Gasteiger partial charge in [-0.1, -0.05) is 6.92 Å². The van der Waals surface area contributed by atoms with Crippen molar-refractivity contribution in [1.82, 2.24) is 0 Å². The minimum Gasteiger partial charge on any atom is -0.374 e. The van der Waals surface area contributed by atoms with Gasteiger partial charge in [0.2, 0.25) is 0 Å². The first kappa shape index (κ1) is 21.7. The molecule has 148 valence electrons. The van der Waals surface area contributed by atoms with Crippen LogP contribution in [0.3, 0.4) is 0 Å². The quantitative estimate of drug-likeness (QED) is 0.258. The molecule has 1 saturated carbocycles. The molecule has 0 amide bonds. The summed E-state index contributed by atoms with van der Waals surface area (Å²) in [6.07, 6.45) is 5.52. The van der Waals surface area contributed by atoms with E-state index < -0.39 is 8.80 Å². The predicted octanol–water partition coefficient (Wildman–Crippen LogP) is 4.75. The molecule has 0 aromatic carbocycles. The Morgan fingerprint density at radius 3 is 2.36 bits per heavy atom. The standard InChI is InChI=1S/C19H38O4SSi/c1-6-20-25(21-7-2,22-8-3)13-9-12-24-15-16(4)17-10-11-19(5)18(14-17)23-19/h16-18H,6-15H2,1-5H3. The summed E-state index contributed by atoms with van der Waals surface area (Å²) < 4.78 is 23.6. The predicted molar refractivity (Wildman–Crippen MR) is 107 cm³/mol. The number of hydrogen-bond donors (Lipinski definition) is 0. The fourth-order valence-electron chi connectivity index (χ4n) is 3.99. The Morgan fingerprint density at radius 1 is 1.16 bits per heavy atom. The van der Waals surface area contributed by atoms with Crippen LogP contribution in [0.25, 0.3) is 0 Å². The Kier molecular flexibility index (Phi) is 8.76. The lowest BCUT2D eigenvalue weighted by Gasteiger charge is -2.29. The highest BCUT2D eigenvalue weighted by atomic mass is 32.2. The molecule has 0 aromatic rings. The van der Waals surface area contributed by atoms with Crippen LogP contribution in [0.1, 0.15) is 60.3 Å². The summed E-state index contributed by atoms with van der Waals surface area (Å²) in [4.78, 5) is 0. The Bertz CT molecular complexity index is 381. The van der Waals surface area contributed by atoms with Crippen molar-refractivity contribution in [3.8, 4) is 0 Å². The van der Waals surface area contributed by atoms with E-state index in [1.54, 1.807) is 0 Å². The van der Waals surface area contributed by atoms with Crippen LogP contribution >= 0.6 is 11.8 Å². The zero-order valence-electron chi connectivity index (χ0n) is 16.8.